The molecule has 0 saturated heterocycles. The van der Waals surface area contributed by atoms with Crippen molar-refractivity contribution in [3.63, 3.8) is 0 Å². The smallest absolute Gasteiger partial charge is 0.416 e. The molecule has 2 aromatic rings. The molecule has 0 heterocycles. The van der Waals surface area contributed by atoms with Gasteiger partial charge in [0.25, 0.3) is 0 Å². The highest BCUT2D eigenvalue weighted by molar-refractivity contribution is 5.90. The summed E-state index contributed by atoms with van der Waals surface area (Å²) in [5.41, 5.74) is -0.549. The van der Waals surface area contributed by atoms with Gasteiger partial charge in [-0.25, -0.2) is 9.59 Å². The number of hydrogen-bond acceptors (Lipinski definition) is 5. The quantitative estimate of drug-likeness (QED) is 0.541. The molecule has 35 heavy (non-hydrogen) atoms. The molecular weight excluding hydrogens is 465 g/mol. The van der Waals surface area contributed by atoms with Gasteiger partial charge in [-0.1, -0.05) is 42.5 Å². The van der Waals surface area contributed by atoms with Crippen molar-refractivity contribution in [2.75, 3.05) is 7.11 Å². The van der Waals surface area contributed by atoms with Gasteiger partial charge in [0.05, 0.1) is 12.7 Å². The Hall–Kier alpha value is -3.56. The van der Waals surface area contributed by atoms with E-state index in [1.54, 1.807) is 51.1 Å². The van der Waals surface area contributed by atoms with Crippen LogP contribution < -0.4 is 10.6 Å². The lowest BCUT2D eigenvalue weighted by Crippen LogP contribution is -2.53. The highest BCUT2D eigenvalue weighted by atomic mass is 19.4. The summed E-state index contributed by atoms with van der Waals surface area (Å²) >= 11 is 0. The third-order valence-electron chi connectivity index (χ3n) is 4.81. The second kappa shape index (κ2) is 11.7. The topological polar surface area (TPSA) is 93.7 Å². The van der Waals surface area contributed by atoms with Crippen molar-refractivity contribution in [1.82, 2.24) is 10.6 Å². The van der Waals surface area contributed by atoms with Crippen LogP contribution in [0.5, 0.6) is 0 Å². The number of rotatable bonds is 8. The molecule has 0 aromatic heterocycles. The van der Waals surface area contributed by atoms with Crippen LogP contribution in [-0.2, 0) is 38.1 Å². The molecule has 0 aliphatic heterocycles. The predicted molar refractivity (Wildman–Crippen MR) is 122 cm³/mol. The summed E-state index contributed by atoms with van der Waals surface area (Å²) < 4.78 is 48.7. The Morgan fingerprint density at radius 2 is 1.37 bits per heavy atom. The summed E-state index contributed by atoms with van der Waals surface area (Å²) in [5, 5.41) is 5.02. The van der Waals surface area contributed by atoms with Gasteiger partial charge in [0.2, 0.25) is 5.91 Å². The van der Waals surface area contributed by atoms with Crippen LogP contribution in [0, 0.1) is 0 Å². The van der Waals surface area contributed by atoms with E-state index in [0.29, 0.717) is 5.56 Å². The fourth-order valence-corrected chi connectivity index (χ4v) is 3.18. The highest BCUT2D eigenvalue weighted by Gasteiger charge is 2.31. The lowest BCUT2D eigenvalue weighted by molar-refractivity contribution is -0.145. The Kier molecular flexibility index (Phi) is 9.27. The molecule has 0 fully saturated rings. The third-order valence-corrected chi connectivity index (χ3v) is 4.81. The van der Waals surface area contributed by atoms with Crippen molar-refractivity contribution in [2.24, 2.45) is 0 Å². The van der Waals surface area contributed by atoms with E-state index in [1.165, 1.54) is 19.2 Å². The molecule has 2 N–H and O–H groups in total. The molecule has 0 aliphatic rings. The van der Waals surface area contributed by atoms with E-state index in [0.717, 1.165) is 17.7 Å². The van der Waals surface area contributed by atoms with E-state index < -0.39 is 47.4 Å². The van der Waals surface area contributed by atoms with Crippen molar-refractivity contribution >= 4 is 18.0 Å². The summed E-state index contributed by atoms with van der Waals surface area (Å²) in [7, 11) is 1.19. The number of amides is 2. The number of carbonyl (C=O) groups is 3. The Balaban J connectivity index is 2.24. The van der Waals surface area contributed by atoms with Gasteiger partial charge in [-0.2, -0.15) is 13.2 Å². The molecule has 2 aromatic carbocycles. The Morgan fingerprint density at radius 1 is 0.829 bits per heavy atom. The Morgan fingerprint density at radius 3 is 1.89 bits per heavy atom. The van der Waals surface area contributed by atoms with Gasteiger partial charge in [0.15, 0.2) is 0 Å². The lowest BCUT2D eigenvalue weighted by atomic mass is 10.0. The second-order valence-electron chi connectivity index (χ2n) is 8.87. The largest absolute Gasteiger partial charge is 0.467 e. The number of benzene rings is 2. The maximum absolute atomic E-state index is 13.1. The van der Waals surface area contributed by atoms with Crippen molar-refractivity contribution in [2.45, 2.75) is 57.5 Å². The molecule has 0 aliphatic carbocycles. The number of nitrogens with one attached hydrogen (secondary N) is 2. The minimum absolute atomic E-state index is 0.136. The molecule has 10 heteroatoms. The molecule has 2 amide bonds. The number of esters is 1. The van der Waals surface area contributed by atoms with Crippen LogP contribution in [0.2, 0.25) is 0 Å². The van der Waals surface area contributed by atoms with Crippen LogP contribution in [0.15, 0.2) is 54.6 Å². The lowest BCUT2D eigenvalue weighted by Gasteiger charge is -2.25. The molecule has 0 spiro atoms. The van der Waals surface area contributed by atoms with Crippen LogP contribution in [0.4, 0.5) is 18.0 Å². The van der Waals surface area contributed by atoms with Crippen LogP contribution >= 0.6 is 0 Å². The van der Waals surface area contributed by atoms with Crippen LogP contribution in [0.3, 0.4) is 0 Å². The number of ether oxygens (including phenoxy) is 2. The zero-order valence-corrected chi connectivity index (χ0v) is 19.9. The standard InChI is InChI=1S/C25H29F3N2O5/c1-24(2,3)35-23(33)30-19(14-17-10-12-18(13-11-17)25(26,27)28)21(31)29-20(22(32)34-4)15-16-8-6-5-7-9-16/h5-13,19-20H,14-15H2,1-4H3,(H,29,31)(H,30,33)/t19-,20-/m1/s1. The summed E-state index contributed by atoms with van der Waals surface area (Å²) in [6.45, 7) is 4.93. The zero-order valence-electron chi connectivity index (χ0n) is 19.9. The molecule has 0 saturated carbocycles. The summed E-state index contributed by atoms with van der Waals surface area (Å²) in [6, 6.07) is 10.9. The van der Waals surface area contributed by atoms with Crippen LogP contribution in [0.1, 0.15) is 37.5 Å². The summed E-state index contributed by atoms with van der Waals surface area (Å²) in [6.07, 6.45) is -5.39. The van der Waals surface area contributed by atoms with Crippen molar-refractivity contribution in [1.29, 1.82) is 0 Å². The predicted octanol–water partition coefficient (Wildman–Crippen LogP) is 4.04. The van der Waals surface area contributed by atoms with Gasteiger partial charge in [-0.15, -0.1) is 0 Å². The summed E-state index contributed by atoms with van der Waals surface area (Å²) in [5.74, 6) is -1.41. The van der Waals surface area contributed by atoms with Gasteiger partial charge < -0.3 is 20.1 Å². The van der Waals surface area contributed by atoms with Gasteiger partial charge in [-0.3, -0.25) is 4.79 Å². The number of halogens is 3. The van der Waals surface area contributed by atoms with Crippen LogP contribution in [0.25, 0.3) is 0 Å². The average molecular weight is 495 g/mol. The monoisotopic (exact) mass is 494 g/mol. The van der Waals surface area contributed by atoms with E-state index >= 15 is 0 Å². The molecule has 2 rings (SSSR count). The first kappa shape index (κ1) is 27.7. The van der Waals surface area contributed by atoms with E-state index in [-0.39, 0.29) is 12.8 Å². The highest BCUT2D eigenvalue weighted by Crippen LogP contribution is 2.29. The Labute approximate surface area is 202 Å². The molecule has 7 nitrogen and oxygen atoms in total. The Bertz CT molecular complexity index is 1000. The zero-order chi connectivity index (χ0) is 26.2. The second-order valence-corrected chi connectivity index (χ2v) is 8.87. The van der Waals surface area contributed by atoms with Gasteiger partial charge in [0.1, 0.15) is 17.7 Å². The average Bonchev–Trinajstić information content (AvgIpc) is 2.76. The fourth-order valence-electron chi connectivity index (χ4n) is 3.18. The molecule has 0 radical (unpaired) electrons. The molecule has 2 atom stereocenters. The molecule has 0 bridgehead atoms. The first-order chi connectivity index (χ1) is 16.3. The first-order valence-electron chi connectivity index (χ1n) is 10.9. The number of methoxy groups -OCH3 is 1. The van der Waals surface area contributed by atoms with E-state index in [2.05, 4.69) is 10.6 Å². The van der Waals surface area contributed by atoms with E-state index in [9.17, 15) is 27.6 Å². The maximum atomic E-state index is 13.1. The third kappa shape index (κ3) is 9.30. The van der Waals surface area contributed by atoms with Gasteiger partial charge in [0, 0.05) is 12.8 Å². The van der Waals surface area contributed by atoms with Gasteiger partial charge in [-0.05, 0) is 44.0 Å². The molecular formula is C25H29F3N2O5. The molecule has 0 unspecified atom stereocenters. The van der Waals surface area contributed by atoms with E-state index in [1.807, 2.05) is 0 Å². The number of carbonyl (C=O) groups excluding carboxylic acids is 3. The first-order valence-corrected chi connectivity index (χ1v) is 10.9. The van der Waals surface area contributed by atoms with Crippen molar-refractivity contribution in [3.8, 4) is 0 Å². The summed E-state index contributed by atoms with van der Waals surface area (Å²) in [4.78, 5) is 37.8. The minimum atomic E-state index is -4.50. The van der Waals surface area contributed by atoms with Gasteiger partial charge >= 0.3 is 18.2 Å². The number of alkyl carbamates (subject to hydrolysis) is 1. The minimum Gasteiger partial charge on any atom is -0.467 e. The maximum Gasteiger partial charge on any atom is 0.416 e. The number of alkyl halides is 3. The normalized spacial score (nSPS) is 13.3. The fraction of sp³-hybridized carbons (Fsp3) is 0.400. The van der Waals surface area contributed by atoms with Crippen LogP contribution in [-0.4, -0.2) is 42.8 Å². The number of hydrogen-bond donors (Lipinski definition) is 2. The SMILES string of the molecule is COC(=O)[C@@H](Cc1ccccc1)NC(=O)[C@@H](Cc1ccc(C(F)(F)F)cc1)NC(=O)OC(C)(C)C. The van der Waals surface area contributed by atoms with Crippen molar-refractivity contribution in [3.05, 3.63) is 71.3 Å². The molecule has 190 valence electrons. The van der Waals surface area contributed by atoms with E-state index in [4.69, 9.17) is 9.47 Å². The van der Waals surface area contributed by atoms with Crippen molar-refractivity contribution < 1.29 is 37.0 Å².